The van der Waals surface area contributed by atoms with E-state index in [1.54, 1.807) is 7.11 Å². The third-order valence-electron chi connectivity index (χ3n) is 7.34. The minimum atomic E-state index is 0.130. The number of ketones is 1. The van der Waals surface area contributed by atoms with Crippen LogP contribution in [0.2, 0.25) is 10.0 Å². The molecule has 0 radical (unpaired) electrons. The van der Waals surface area contributed by atoms with Gasteiger partial charge in [0.2, 0.25) is 0 Å². The molecule has 1 saturated heterocycles. The molecule has 0 spiro atoms. The summed E-state index contributed by atoms with van der Waals surface area (Å²) in [6.45, 7) is 6.77. The highest BCUT2D eigenvalue weighted by atomic mass is 35.5. The molecular weight excluding hydrogens is 517 g/mol. The number of carbonyl (C=O) groups excluding carboxylic acids is 1. The number of hydrogen-bond acceptors (Lipinski definition) is 4. The Labute approximate surface area is 234 Å². The van der Waals surface area contributed by atoms with Crippen molar-refractivity contribution in [1.82, 2.24) is 14.4 Å². The molecule has 5 rings (SSSR count). The van der Waals surface area contributed by atoms with Crippen molar-refractivity contribution in [1.29, 1.82) is 0 Å². The predicted octanol–water partition coefficient (Wildman–Crippen LogP) is 6.59. The number of aryl methyl sites for hydroxylation is 1. The number of nitrogens with zero attached hydrogens (tertiary/aromatic N) is 3. The van der Waals surface area contributed by atoms with Gasteiger partial charge in [-0.05, 0) is 42.3 Å². The number of halogens is 2. The van der Waals surface area contributed by atoms with Gasteiger partial charge >= 0.3 is 0 Å². The fourth-order valence-corrected chi connectivity index (χ4v) is 5.76. The Bertz CT molecular complexity index is 1400. The van der Waals surface area contributed by atoms with Crippen LogP contribution in [0.15, 0.2) is 72.9 Å². The number of benzene rings is 3. The molecule has 0 atom stereocenters. The van der Waals surface area contributed by atoms with Gasteiger partial charge in [-0.2, -0.15) is 0 Å². The molecule has 1 fully saturated rings. The van der Waals surface area contributed by atoms with E-state index in [0.29, 0.717) is 11.4 Å². The largest absolute Gasteiger partial charge is 0.495 e. The van der Waals surface area contributed by atoms with E-state index in [0.717, 1.165) is 90.6 Å². The van der Waals surface area contributed by atoms with Crippen LogP contribution in [0.1, 0.15) is 27.9 Å². The van der Waals surface area contributed by atoms with E-state index in [1.807, 2.05) is 72.9 Å². The monoisotopic (exact) mass is 549 g/mol. The number of piperazine rings is 1. The number of ether oxygens (including phenoxy) is 1. The van der Waals surface area contributed by atoms with Crippen molar-refractivity contribution in [2.24, 2.45) is 0 Å². The second-order valence-electron chi connectivity index (χ2n) is 9.89. The fourth-order valence-electron chi connectivity index (χ4n) is 5.29. The molecule has 5 nitrogen and oxygen atoms in total. The lowest BCUT2D eigenvalue weighted by atomic mass is 10.0. The third kappa shape index (κ3) is 6.24. The summed E-state index contributed by atoms with van der Waals surface area (Å²) in [6, 6.07) is 21.6. The number of fused-ring (bicyclic) bond motifs is 1. The second kappa shape index (κ2) is 12.4. The first-order valence-electron chi connectivity index (χ1n) is 13.1. The van der Waals surface area contributed by atoms with Gasteiger partial charge in [0, 0.05) is 72.9 Å². The smallest absolute Gasteiger partial charge is 0.169 e. The summed E-state index contributed by atoms with van der Waals surface area (Å²) in [4.78, 5) is 18.2. The van der Waals surface area contributed by atoms with E-state index in [1.165, 1.54) is 0 Å². The Morgan fingerprint density at radius 2 is 1.66 bits per heavy atom. The van der Waals surface area contributed by atoms with Crippen molar-refractivity contribution < 1.29 is 9.53 Å². The van der Waals surface area contributed by atoms with Crippen molar-refractivity contribution in [3.8, 4) is 5.75 Å². The third-order valence-corrected chi connectivity index (χ3v) is 7.92. The number of para-hydroxylation sites is 1. The van der Waals surface area contributed by atoms with E-state index >= 15 is 0 Å². The Kier molecular flexibility index (Phi) is 8.70. The topological polar surface area (TPSA) is 37.7 Å². The van der Waals surface area contributed by atoms with E-state index in [4.69, 9.17) is 27.9 Å². The zero-order chi connectivity index (χ0) is 26.5. The minimum Gasteiger partial charge on any atom is -0.495 e. The average molecular weight is 551 g/mol. The normalized spacial score (nSPS) is 14.7. The minimum absolute atomic E-state index is 0.130. The molecule has 0 N–H and O–H groups in total. The van der Waals surface area contributed by atoms with Crippen LogP contribution in [-0.4, -0.2) is 60.0 Å². The van der Waals surface area contributed by atoms with Crippen LogP contribution in [0.5, 0.6) is 5.75 Å². The molecule has 38 heavy (non-hydrogen) atoms. The molecule has 0 amide bonds. The van der Waals surface area contributed by atoms with Crippen LogP contribution in [-0.2, 0) is 19.5 Å². The zero-order valence-corrected chi connectivity index (χ0v) is 23.2. The van der Waals surface area contributed by atoms with E-state index < -0.39 is 0 Å². The maximum Gasteiger partial charge on any atom is 0.169 e. The number of methoxy groups -OCH3 is 1. The summed E-state index contributed by atoms with van der Waals surface area (Å²) < 4.78 is 7.89. The van der Waals surface area contributed by atoms with Crippen LogP contribution < -0.4 is 4.74 Å². The SMILES string of the molecule is COc1cccc2c(C(=O)Cc3ccccc3)cn(CCCN3CCN(Cc4ccc(Cl)cc4Cl)CC3)c12. The van der Waals surface area contributed by atoms with Gasteiger partial charge in [-0.1, -0.05) is 71.7 Å². The highest BCUT2D eigenvalue weighted by Crippen LogP contribution is 2.31. The Morgan fingerprint density at radius 3 is 2.39 bits per heavy atom. The van der Waals surface area contributed by atoms with Crippen LogP contribution in [0, 0.1) is 0 Å². The first-order chi connectivity index (χ1) is 18.5. The summed E-state index contributed by atoms with van der Waals surface area (Å²) in [5.74, 6) is 0.931. The predicted molar refractivity (Wildman–Crippen MR) is 156 cm³/mol. The maximum atomic E-state index is 13.3. The zero-order valence-electron chi connectivity index (χ0n) is 21.7. The number of carbonyl (C=O) groups is 1. The van der Waals surface area contributed by atoms with Gasteiger partial charge in [0.1, 0.15) is 5.75 Å². The summed E-state index contributed by atoms with van der Waals surface area (Å²) in [7, 11) is 1.69. The van der Waals surface area contributed by atoms with E-state index in [2.05, 4.69) is 14.4 Å². The number of aromatic nitrogens is 1. The number of Topliss-reactive ketones (excluding diaryl/α,β-unsaturated/α-hetero) is 1. The van der Waals surface area contributed by atoms with Crippen molar-refractivity contribution in [2.45, 2.75) is 25.9 Å². The molecule has 198 valence electrons. The lowest BCUT2D eigenvalue weighted by molar-refractivity contribution is 0.0994. The summed E-state index contributed by atoms with van der Waals surface area (Å²) in [5, 5.41) is 2.36. The molecule has 1 aromatic heterocycles. The van der Waals surface area contributed by atoms with Gasteiger partial charge in [-0.15, -0.1) is 0 Å². The molecule has 0 bridgehead atoms. The molecule has 0 unspecified atom stereocenters. The van der Waals surface area contributed by atoms with Gasteiger partial charge in [0.15, 0.2) is 5.78 Å². The maximum absolute atomic E-state index is 13.3. The van der Waals surface area contributed by atoms with Crippen molar-refractivity contribution in [3.63, 3.8) is 0 Å². The quantitative estimate of drug-likeness (QED) is 0.209. The van der Waals surface area contributed by atoms with E-state index in [-0.39, 0.29) is 5.78 Å². The summed E-state index contributed by atoms with van der Waals surface area (Å²) in [6.07, 6.45) is 3.41. The van der Waals surface area contributed by atoms with Gasteiger partial charge < -0.3 is 14.2 Å². The molecule has 7 heteroatoms. The van der Waals surface area contributed by atoms with Crippen molar-refractivity contribution in [3.05, 3.63) is 99.7 Å². The molecule has 1 aliphatic rings. The molecule has 4 aromatic rings. The first kappa shape index (κ1) is 26.8. The Balaban J connectivity index is 1.20. The summed E-state index contributed by atoms with van der Waals surface area (Å²) >= 11 is 12.4. The average Bonchev–Trinajstić information content (AvgIpc) is 3.31. The van der Waals surface area contributed by atoms with Crippen LogP contribution in [0.25, 0.3) is 10.9 Å². The van der Waals surface area contributed by atoms with Crippen LogP contribution in [0.4, 0.5) is 0 Å². The second-order valence-corrected chi connectivity index (χ2v) is 10.7. The van der Waals surface area contributed by atoms with Gasteiger partial charge in [0.05, 0.1) is 12.6 Å². The highest BCUT2D eigenvalue weighted by Gasteiger charge is 2.20. The fraction of sp³-hybridized carbons (Fsp3) is 0.323. The molecular formula is C31H33Cl2N3O2. The number of rotatable bonds is 10. The highest BCUT2D eigenvalue weighted by molar-refractivity contribution is 6.35. The van der Waals surface area contributed by atoms with Gasteiger partial charge in [-0.3, -0.25) is 9.69 Å². The van der Waals surface area contributed by atoms with Gasteiger partial charge in [0.25, 0.3) is 0 Å². The molecule has 2 heterocycles. The lowest BCUT2D eigenvalue weighted by Gasteiger charge is -2.35. The molecule has 0 saturated carbocycles. The van der Waals surface area contributed by atoms with Crippen molar-refractivity contribution in [2.75, 3.05) is 39.8 Å². The Morgan fingerprint density at radius 1 is 0.895 bits per heavy atom. The molecule has 0 aliphatic carbocycles. The first-order valence-corrected chi connectivity index (χ1v) is 13.9. The molecule has 3 aromatic carbocycles. The number of hydrogen-bond donors (Lipinski definition) is 0. The lowest BCUT2D eigenvalue weighted by Crippen LogP contribution is -2.46. The van der Waals surface area contributed by atoms with Gasteiger partial charge in [-0.25, -0.2) is 0 Å². The van der Waals surface area contributed by atoms with Crippen LogP contribution >= 0.6 is 23.2 Å². The standard InChI is InChI=1S/C31H33Cl2N3O2/c1-38-30-10-5-9-26-27(29(37)19-23-7-3-2-4-8-23)22-36(31(26)30)14-6-13-34-15-17-35(18-16-34)21-24-11-12-25(32)20-28(24)33/h2-5,7-12,20,22H,6,13-19,21H2,1H3. The van der Waals surface area contributed by atoms with E-state index in [9.17, 15) is 4.79 Å². The summed E-state index contributed by atoms with van der Waals surface area (Å²) in [5.41, 5.74) is 3.91. The van der Waals surface area contributed by atoms with Crippen molar-refractivity contribution >= 4 is 39.9 Å². The Hall–Kier alpha value is -2.83. The van der Waals surface area contributed by atoms with Crippen LogP contribution in [0.3, 0.4) is 0 Å². The molecule has 1 aliphatic heterocycles.